The Labute approximate surface area is 129 Å². The minimum Gasteiger partial charge on any atom is -0.482 e. The van der Waals surface area contributed by atoms with Crippen molar-refractivity contribution in [2.24, 2.45) is 0 Å². The Hall–Kier alpha value is -1.30. The monoisotopic (exact) mass is 313 g/mol. The van der Waals surface area contributed by atoms with Crippen LogP contribution in [0.1, 0.15) is 18.4 Å². The predicted octanol–water partition coefficient (Wildman–Crippen LogP) is 1.68. The Morgan fingerprint density at radius 2 is 2.19 bits per heavy atom. The van der Waals surface area contributed by atoms with Gasteiger partial charge in [0, 0.05) is 13.2 Å². The van der Waals surface area contributed by atoms with Crippen molar-refractivity contribution < 1.29 is 19.4 Å². The van der Waals surface area contributed by atoms with Crippen molar-refractivity contribution in [3.05, 3.63) is 28.8 Å². The van der Waals surface area contributed by atoms with Crippen LogP contribution in [-0.2, 0) is 9.53 Å². The molecule has 6 heteroatoms. The van der Waals surface area contributed by atoms with Crippen molar-refractivity contribution in [2.75, 3.05) is 26.4 Å². The summed E-state index contributed by atoms with van der Waals surface area (Å²) in [6.45, 7) is 2.75. The first-order chi connectivity index (χ1) is 10.0. The van der Waals surface area contributed by atoms with E-state index in [1.807, 2.05) is 13.0 Å². The normalized spacial score (nSPS) is 17.3. The van der Waals surface area contributed by atoms with Gasteiger partial charge in [-0.25, -0.2) is 0 Å². The van der Waals surface area contributed by atoms with E-state index >= 15 is 0 Å². The van der Waals surface area contributed by atoms with Gasteiger partial charge in [0.05, 0.1) is 17.2 Å². The molecule has 1 aliphatic rings. The standard InChI is InChI=1S/C15H20ClNO4/c1-11-2-3-12(16)13(8-11)21-9-14(19)17-15(10-18)4-6-20-7-5-15/h2-3,8,18H,4-7,9-10H2,1H3,(H,17,19). The van der Waals surface area contributed by atoms with Crippen LogP contribution < -0.4 is 10.1 Å². The SMILES string of the molecule is Cc1ccc(Cl)c(OCC(=O)NC2(CO)CCOCC2)c1. The number of hydrogen-bond acceptors (Lipinski definition) is 4. The van der Waals surface area contributed by atoms with Crippen molar-refractivity contribution in [3.63, 3.8) is 0 Å². The van der Waals surface area contributed by atoms with Crippen LogP contribution in [0.5, 0.6) is 5.75 Å². The molecule has 1 aromatic rings. The zero-order chi connectivity index (χ0) is 15.3. The quantitative estimate of drug-likeness (QED) is 0.868. The zero-order valence-electron chi connectivity index (χ0n) is 12.0. The average molecular weight is 314 g/mol. The van der Waals surface area contributed by atoms with E-state index in [1.165, 1.54) is 0 Å². The summed E-state index contributed by atoms with van der Waals surface area (Å²) in [6, 6.07) is 5.39. The number of benzene rings is 1. The molecule has 2 rings (SSSR count). The number of carbonyl (C=O) groups is 1. The van der Waals surface area contributed by atoms with E-state index in [-0.39, 0.29) is 19.1 Å². The Kier molecular flexibility index (Phi) is 5.45. The van der Waals surface area contributed by atoms with E-state index in [1.54, 1.807) is 12.1 Å². The van der Waals surface area contributed by atoms with Gasteiger partial charge in [-0.1, -0.05) is 17.7 Å². The van der Waals surface area contributed by atoms with E-state index in [4.69, 9.17) is 21.1 Å². The fourth-order valence-corrected chi connectivity index (χ4v) is 2.45. The van der Waals surface area contributed by atoms with Crippen LogP contribution in [0.4, 0.5) is 0 Å². The maximum atomic E-state index is 12.0. The lowest BCUT2D eigenvalue weighted by Crippen LogP contribution is -2.55. The van der Waals surface area contributed by atoms with E-state index in [2.05, 4.69) is 5.32 Å². The number of ether oxygens (including phenoxy) is 2. The van der Waals surface area contributed by atoms with Crippen LogP contribution in [0.25, 0.3) is 0 Å². The van der Waals surface area contributed by atoms with E-state index in [0.717, 1.165) is 5.56 Å². The Bertz CT molecular complexity index is 500. The molecule has 5 nitrogen and oxygen atoms in total. The molecule has 1 amide bonds. The molecule has 0 aromatic heterocycles. The summed E-state index contributed by atoms with van der Waals surface area (Å²) in [7, 11) is 0. The molecule has 116 valence electrons. The summed E-state index contributed by atoms with van der Waals surface area (Å²) in [4.78, 5) is 12.0. The van der Waals surface area contributed by atoms with Crippen molar-refractivity contribution in [1.29, 1.82) is 0 Å². The molecule has 0 spiro atoms. The third-order valence-corrected chi connectivity index (χ3v) is 3.91. The van der Waals surface area contributed by atoms with Gasteiger partial charge in [-0.05, 0) is 37.5 Å². The molecule has 2 N–H and O–H groups in total. The number of aryl methyl sites for hydroxylation is 1. The molecular weight excluding hydrogens is 294 g/mol. The van der Waals surface area contributed by atoms with Gasteiger partial charge in [0.2, 0.25) is 0 Å². The average Bonchev–Trinajstić information content (AvgIpc) is 2.49. The summed E-state index contributed by atoms with van der Waals surface area (Å²) >= 11 is 6.01. The Morgan fingerprint density at radius 3 is 2.86 bits per heavy atom. The largest absolute Gasteiger partial charge is 0.482 e. The first kappa shape index (κ1) is 16.1. The molecule has 1 aromatic carbocycles. The van der Waals surface area contributed by atoms with Gasteiger partial charge in [0.1, 0.15) is 5.75 Å². The highest BCUT2D eigenvalue weighted by atomic mass is 35.5. The number of rotatable bonds is 5. The lowest BCUT2D eigenvalue weighted by molar-refractivity contribution is -0.127. The zero-order valence-corrected chi connectivity index (χ0v) is 12.8. The molecule has 21 heavy (non-hydrogen) atoms. The molecule has 1 fully saturated rings. The van der Waals surface area contributed by atoms with E-state index < -0.39 is 5.54 Å². The summed E-state index contributed by atoms with van der Waals surface area (Å²) in [5, 5.41) is 12.8. The van der Waals surface area contributed by atoms with E-state index in [0.29, 0.717) is 36.8 Å². The Balaban J connectivity index is 1.91. The summed E-state index contributed by atoms with van der Waals surface area (Å²) in [5.41, 5.74) is 0.404. The van der Waals surface area contributed by atoms with Crippen LogP contribution in [0.3, 0.4) is 0 Å². The summed E-state index contributed by atoms with van der Waals surface area (Å²) < 4.78 is 10.7. The number of halogens is 1. The van der Waals surface area contributed by atoms with Crippen LogP contribution in [0, 0.1) is 6.92 Å². The number of amides is 1. The second kappa shape index (κ2) is 7.11. The maximum absolute atomic E-state index is 12.0. The number of aliphatic hydroxyl groups is 1. The number of aliphatic hydroxyl groups excluding tert-OH is 1. The van der Waals surface area contributed by atoms with Crippen molar-refractivity contribution in [2.45, 2.75) is 25.3 Å². The van der Waals surface area contributed by atoms with Gasteiger partial charge in [-0.2, -0.15) is 0 Å². The topological polar surface area (TPSA) is 67.8 Å². The molecule has 0 saturated carbocycles. The summed E-state index contributed by atoms with van der Waals surface area (Å²) in [5.74, 6) is 0.209. The van der Waals surface area contributed by atoms with Gasteiger partial charge >= 0.3 is 0 Å². The minimum atomic E-state index is -0.602. The van der Waals surface area contributed by atoms with Gasteiger partial charge in [0.15, 0.2) is 6.61 Å². The van der Waals surface area contributed by atoms with Crippen LogP contribution in [0.15, 0.2) is 18.2 Å². The summed E-state index contributed by atoms with van der Waals surface area (Å²) in [6.07, 6.45) is 1.20. The van der Waals surface area contributed by atoms with Crippen LogP contribution in [-0.4, -0.2) is 43.0 Å². The lowest BCUT2D eigenvalue weighted by atomic mass is 9.91. The molecule has 0 bridgehead atoms. The van der Waals surface area contributed by atoms with Crippen molar-refractivity contribution in [3.8, 4) is 5.75 Å². The molecule has 0 atom stereocenters. The first-order valence-corrected chi connectivity index (χ1v) is 7.31. The maximum Gasteiger partial charge on any atom is 0.258 e. The third-order valence-electron chi connectivity index (χ3n) is 3.60. The van der Waals surface area contributed by atoms with Crippen molar-refractivity contribution >= 4 is 17.5 Å². The highest BCUT2D eigenvalue weighted by Gasteiger charge is 2.33. The lowest BCUT2D eigenvalue weighted by Gasteiger charge is -2.36. The molecule has 1 heterocycles. The van der Waals surface area contributed by atoms with Gasteiger partial charge in [-0.3, -0.25) is 4.79 Å². The highest BCUT2D eigenvalue weighted by molar-refractivity contribution is 6.32. The smallest absolute Gasteiger partial charge is 0.258 e. The fourth-order valence-electron chi connectivity index (χ4n) is 2.28. The van der Waals surface area contributed by atoms with Gasteiger partial charge < -0.3 is 19.9 Å². The predicted molar refractivity (Wildman–Crippen MR) is 79.7 cm³/mol. The number of hydrogen-bond donors (Lipinski definition) is 2. The van der Waals surface area contributed by atoms with Crippen LogP contribution in [0.2, 0.25) is 5.02 Å². The fraction of sp³-hybridized carbons (Fsp3) is 0.533. The highest BCUT2D eigenvalue weighted by Crippen LogP contribution is 2.25. The molecule has 0 radical (unpaired) electrons. The third kappa shape index (κ3) is 4.33. The molecule has 0 aliphatic carbocycles. The second-order valence-corrected chi connectivity index (χ2v) is 5.73. The van der Waals surface area contributed by atoms with Crippen molar-refractivity contribution in [1.82, 2.24) is 5.32 Å². The minimum absolute atomic E-state index is 0.104. The van der Waals surface area contributed by atoms with Gasteiger partial charge in [0.25, 0.3) is 5.91 Å². The molecule has 1 aliphatic heterocycles. The molecular formula is C15H20ClNO4. The molecule has 0 unspecified atom stereocenters. The number of nitrogens with one attached hydrogen (secondary N) is 1. The van der Waals surface area contributed by atoms with Crippen LogP contribution >= 0.6 is 11.6 Å². The second-order valence-electron chi connectivity index (χ2n) is 5.32. The van der Waals surface area contributed by atoms with Gasteiger partial charge in [-0.15, -0.1) is 0 Å². The number of carbonyl (C=O) groups excluding carboxylic acids is 1. The van der Waals surface area contributed by atoms with E-state index in [9.17, 15) is 9.90 Å². The Morgan fingerprint density at radius 1 is 1.48 bits per heavy atom. The molecule has 1 saturated heterocycles. The first-order valence-electron chi connectivity index (χ1n) is 6.93.